The Hall–Kier alpha value is -0.640. The molecule has 1 unspecified atom stereocenters. The van der Waals surface area contributed by atoms with E-state index in [0.29, 0.717) is 23.2 Å². The summed E-state index contributed by atoms with van der Waals surface area (Å²) in [5, 5.41) is 28.1. The first-order chi connectivity index (χ1) is 14.1. The smallest absolute Gasteiger partial charge is 0.277 e. The normalized spacial score (nSPS) is 42.7. The van der Waals surface area contributed by atoms with Gasteiger partial charge >= 0.3 is 0 Å². The van der Waals surface area contributed by atoms with Gasteiger partial charge in [-0.3, -0.25) is 0 Å². The van der Waals surface area contributed by atoms with Gasteiger partial charge < -0.3 is 15.3 Å². The van der Waals surface area contributed by atoms with Gasteiger partial charge in [-0.05, 0) is 97.4 Å². The average molecular weight is 417 g/mol. The molecule has 0 amide bonds. The predicted molar refractivity (Wildman–Crippen MR) is 121 cm³/mol. The Morgan fingerprint density at radius 2 is 1.80 bits per heavy atom. The molecule has 4 aliphatic carbocycles. The van der Waals surface area contributed by atoms with E-state index >= 15 is 0 Å². The molecule has 0 aromatic heterocycles. The van der Waals surface area contributed by atoms with Gasteiger partial charge in [-0.25, -0.2) is 0 Å². The van der Waals surface area contributed by atoms with Crippen LogP contribution >= 0.6 is 0 Å². The SMILES string of the molecule is CC(CCC[C@@H](C)[C@H]1CC[C@H]2[C@@H]3C=CC4=CCCC[C@]4(C)[C@H]3CC[C@]12C)C(O)(O)O. The lowest BCUT2D eigenvalue weighted by Crippen LogP contribution is -2.49. The van der Waals surface area contributed by atoms with Crippen molar-refractivity contribution in [2.24, 2.45) is 46.3 Å². The molecule has 0 saturated heterocycles. The zero-order chi connectivity index (χ0) is 21.7. The van der Waals surface area contributed by atoms with Crippen LogP contribution in [0, 0.1) is 46.3 Å². The Morgan fingerprint density at radius 1 is 1.03 bits per heavy atom. The first-order valence-electron chi connectivity index (χ1n) is 12.6. The fourth-order valence-corrected chi connectivity index (χ4v) is 8.30. The molecule has 0 aromatic carbocycles. The molecule has 2 fully saturated rings. The van der Waals surface area contributed by atoms with Crippen LogP contribution in [0.15, 0.2) is 23.8 Å². The third-order valence-electron chi connectivity index (χ3n) is 10.3. The molecule has 3 N–H and O–H groups in total. The average Bonchev–Trinajstić information content (AvgIpc) is 3.04. The molecule has 4 aliphatic rings. The van der Waals surface area contributed by atoms with E-state index in [4.69, 9.17) is 0 Å². The number of rotatable bonds is 6. The lowest BCUT2D eigenvalue weighted by atomic mass is 9.48. The van der Waals surface area contributed by atoms with Crippen LogP contribution in [-0.4, -0.2) is 21.3 Å². The summed E-state index contributed by atoms with van der Waals surface area (Å²) >= 11 is 0. The molecular weight excluding hydrogens is 372 g/mol. The molecule has 0 bridgehead atoms. The quantitative estimate of drug-likeness (QED) is 0.479. The predicted octanol–water partition coefficient (Wildman–Crippen LogP) is 5.80. The summed E-state index contributed by atoms with van der Waals surface area (Å²) in [4.78, 5) is 0. The van der Waals surface area contributed by atoms with Crippen LogP contribution < -0.4 is 0 Å². The second-order valence-electron chi connectivity index (χ2n) is 11.8. The molecular formula is C27H44O3. The minimum atomic E-state index is -2.54. The van der Waals surface area contributed by atoms with E-state index in [-0.39, 0.29) is 0 Å². The van der Waals surface area contributed by atoms with Gasteiger partial charge in [-0.15, -0.1) is 0 Å². The lowest BCUT2D eigenvalue weighted by Gasteiger charge is -2.56. The molecule has 0 spiro atoms. The minimum Gasteiger partial charge on any atom is -0.343 e. The van der Waals surface area contributed by atoms with Crippen LogP contribution in [0.2, 0.25) is 0 Å². The first-order valence-corrected chi connectivity index (χ1v) is 12.6. The minimum absolute atomic E-state index is 0.407. The molecule has 0 radical (unpaired) electrons. The number of fused-ring (bicyclic) bond motifs is 5. The van der Waals surface area contributed by atoms with Crippen molar-refractivity contribution in [2.45, 2.75) is 97.9 Å². The van der Waals surface area contributed by atoms with Gasteiger partial charge in [0.1, 0.15) is 0 Å². The Bertz CT molecular complexity index is 689. The van der Waals surface area contributed by atoms with Gasteiger partial charge in [-0.2, -0.15) is 0 Å². The monoisotopic (exact) mass is 416 g/mol. The van der Waals surface area contributed by atoms with E-state index in [1.165, 1.54) is 44.9 Å². The van der Waals surface area contributed by atoms with E-state index in [1.807, 2.05) is 0 Å². The Kier molecular flexibility index (Phi) is 6.05. The highest BCUT2D eigenvalue weighted by Gasteiger charge is 2.58. The molecule has 8 atom stereocenters. The maximum atomic E-state index is 9.37. The number of aliphatic hydroxyl groups is 3. The summed E-state index contributed by atoms with van der Waals surface area (Å²) in [6.45, 7) is 9.27. The summed E-state index contributed by atoms with van der Waals surface area (Å²) < 4.78 is 0. The summed E-state index contributed by atoms with van der Waals surface area (Å²) in [5.74, 6) is 0.779. The molecule has 0 aromatic rings. The van der Waals surface area contributed by atoms with Gasteiger partial charge in [0.05, 0.1) is 0 Å². The second kappa shape index (κ2) is 8.05. The van der Waals surface area contributed by atoms with Crippen LogP contribution in [0.1, 0.15) is 91.9 Å². The van der Waals surface area contributed by atoms with Crippen molar-refractivity contribution < 1.29 is 15.3 Å². The molecule has 3 nitrogen and oxygen atoms in total. The zero-order valence-corrected chi connectivity index (χ0v) is 19.6. The number of hydrogen-bond donors (Lipinski definition) is 3. The summed E-state index contributed by atoms with van der Waals surface area (Å²) in [6.07, 6.45) is 19.8. The molecule has 0 heterocycles. The Balaban J connectivity index is 1.44. The van der Waals surface area contributed by atoms with Gasteiger partial charge in [0, 0.05) is 5.92 Å². The molecule has 3 heteroatoms. The van der Waals surface area contributed by atoms with Crippen LogP contribution in [0.5, 0.6) is 0 Å². The highest BCUT2D eigenvalue weighted by atomic mass is 16.7. The second-order valence-corrected chi connectivity index (χ2v) is 11.8. The highest BCUT2D eigenvalue weighted by Crippen LogP contribution is 2.66. The van der Waals surface area contributed by atoms with E-state index in [2.05, 4.69) is 39.0 Å². The van der Waals surface area contributed by atoms with E-state index in [0.717, 1.165) is 36.5 Å². The highest BCUT2D eigenvalue weighted by molar-refractivity contribution is 5.35. The Morgan fingerprint density at radius 3 is 2.53 bits per heavy atom. The van der Waals surface area contributed by atoms with Crippen LogP contribution in [0.25, 0.3) is 0 Å². The fourth-order valence-electron chi connectivity index (χ4n) is 8.30. The van der Waals surface area contributed by atoms with Crippen molar-refractivity contribution >= 4 is 0 Å². The van der Waals surface area contributed by atoms with Crippen LogP contribution in [0.4, 0.5) is 0 Å². The van der Waals surface area contributed by atoms with E-state index < -0.39 is 11.9 Å². The van der Waals surface area contributed by atoms with Crippen molar-refractivity contribution in [3.8, 4) is 0 Å². The van der Waals surface area contributed by atoms with E-state index in [1.54, 1.807) is 12.5 Å². The maximum absolute atomic E-state index is 9.37. The van der Waals surface area contributed by atoms with Crippen LogP contribution in [0.3, 0.4) is 0 Å². The summed E-state index contributed by atoms with van der Waals surface area (Å²) in [5.41, 5.74) is 2.48. The van der Waals surface area contributed by atoms with Crippen molar-refractivity contribution in [1.29, 1.82) is 0 Å². The Labute approximate surface area is 183 Å². The van der Waals surface area contributed by atoms with Crippen molar-refractivity contribution in [1.82, 2.24) is 0 Å². The fraction of sp³-hybridized carbons (Fsp3) is 0.852. The van der Waals surface area contributed by atoms with Gasteiger partial charge in [0.25, 0.3) is 5.97 Å². The van der Waals surface area contributed by atoms with E-state index in [9.17, 15) is 15.3 Å². The topological polar surface area (TPSA) is 60.7 Å². The van der Waals surface area contributed by atoms with Crippen LogP contribution in [-0.2, 0) is 0 Å². The molecule has 30 heavy (non-hydrogen) atoms. The van der Waals surface area contributed by atoms with Crippen molar-refractivity contribution in [2.75, 3.05) is 0 Å². The summed E-state index contributed by atoms with van der Waals surface area (Å²) in [7, 11) is 0. The van der Waals surface area contributed by atoms with Gasteiger partial charge in [0.2, 0.25) is 0 Å². The van der Waals surface area contributed by atoms with Crippen molar-refractivity contribution in [3.63, 3.8) is 0 Å². The molecule has 4 rings (SSSR count). The number of hydrogen-bond acceptors (Lipinski definition) is 3. The third-order valence-corrected chi connectivity index (χ3v) is 10.3. The standard InChI is InChI=1S/C27H44O3/c1-18(8-7-9-19(2)27(28,29)30)22-13-14-23-21-12-11-20-10-5-6-16-25(20,3)24(21)15-17-26(22,23)4/h10-12,18-19,21-24,28-30H,5-9,13-17H2,1-4H3/t18-,19?,21+,22-,23+,24+,25+,26-/m1/s1. The third kappa shape index (κ3) is 3.73. The number of allylic oxidation sites excluding steroid dienone is 4. The van der Waals surface area contributed by atoms with Gasteiger partial charge in [-0.1, -0.05) is 58.8 Å². The first kappa shape index (κ1) is 22.6. The zero-order valence-electron chi connectivity index (χ0n) is 19.6. The molecule has 0 aliphatic heterocycles. The lowest BCUT2D eigenvalue weighted by molar-refractivity contribution is -0.340. The van der Waals surface area contributed by atoms with Gasteiger partial charge in [0.15, 0.2) is 0 Å². The maximum Gasteiger partial charge on any atom is 0.277 e. The molecule has 170 valence electrons. The van der Waals surface area contributed by atoms with Crippen molar-refractivity contribution in [3.05, 3.63) is 23.8 Å². The summed E-state index contributed by atoms with van der Waals surface area (Å²) in [6, 6.07) is 0. The molecule has 2 saturated carbocycles. The largest absolute Gasteiger partial charge is 0.343 e.